The number of ketones is 1. The number of aromatic nitrogens is 1. The number of carbonyl (C=O) groups is 2. The van der Waals surface area contributed by atoms with Gasteiger partial charge in [0, 0.05) is 28.7 Å². The van der Waals surface area contributed by atoms with E-state index in [4.69, 9.17) is 14.2 Å². The van der Waals surface area contributed by atoms with Crippen molar-refractivity contribution in [2.24, 2.45) is 0 Å². The molecule has 4 rings (SSSR count). The van der Waals surface area contributed by atoms with Crippen LogP contribution in [0.1, 0.15) is 32.1 Å². The summed E-state index contributed by atoms with van der Waals surface area (Å²) in [6.45, 7) is 3.39. The Labute approximate surface area is 166 Å². The summed E-state index contributed by atoms with van der Waals surface area (Å²) in [4.78, 5) is 24.7. The minimum atomic E-state index is -0.874. The van der Waals surface area contributed by atoms with E-state index in [9.17, 15) is 14.0 Å². The van der Waals surface area contributed by atoms with E-state index in [0.717, 1.165) is 17.4 Å². The molecule has 0 amide bonds. The number of Topliss-reactive ketones (excluding diaryl/α,β-unsaturated/α-hetero) is 1. The first-order valence-corrected chi connectivity index (χ1v) is 8.99. The van der Waals surface area contributed by atoms with Gasteiger partial charge in [0.05, 0.1) is 5.56 Å². The lowest BCUT2D eigenvalue weighted by Crippen LogP contribution is -2.16. The zero-order valence-electron chi connectivity index (χ0n) is 15.9. The highest BCUT2D eigenvalue weighted by atomic mass is 19.1. The van der Waals surface area contributed by atoms with Crippen LogP contribution < -0.4 is 9.47 Å². The minimum absolute atomic E-state index is 0.180. The number of rotatable bonds is 5. The van der Waals surface area contributed by atoms with E-state index in [-0.39, 0.29) is 18.1 Å². The Hall–Kier alpha value is -3.61. The monoisotopic (exact) mass is 395 g/mol. The van der Waals surface area contributed by atoms with Crippen molar-refractivity contribution in [2.45, 2.75) is 13.8 Å². The fraction of sp³-hybridized carbons (Fsp3) is 0.182. The number of fused-ring (bicyclic) bond motifs is 1. The van der Waals surface area contributed by atoms with Gasteiger partial charge in [-0.25, -0.2) is 9.18 Å². The number of hydrogen-bond acceptors (Lipinski definition) is 5. The molecule has 0 spiro atoms. The number of aryl methyl sites for hydroxylation is 1. The van der Waals surface area contributed by atoms with Crippen LogP contribution in [0, 0.1) is 19.7 Å². The Bertz CT molecular complexity index is 1120. The van der Waals surface area contributed by atoms with Crippen molar-refractivity contribution in [3.8, 4) is 17.2 Å². The van der Waals surface area contributed by atoms with Crippen molar-refractivity contribution in [3.05, 3.63) is 76.9 Å². The maximum absolute atomic E-state index is 13.7. The van der Waals surface area contributed by atoms with Gasteiger partial charge in [0.1, 0.15) is 5.82 Å². The van der Waals surface area contributed by atoms with Crippen molar-refractivity contribution in [3.63, 3.8) is 0 Å². The number of ether oxygens (including phenoxy) is 3. The molecule has 0 bridgehead atoms. The standard InChI is InChI=1S/C22H18FNO5/c1-13-9-17(19(25)11-27-22(26)16-5-3-4-6-18(16)23)14(2)24(13)15-7-8-20-21(10-15)29-12-28-20/h3-10H,11-12H2,1-2H3. The number of hydrogen-bond donors (Lipinski definition) is 0. The van der Waals surface area contributed by atoms with Crippen molar-refractivity contribution >= 4 is 11.8 Å². The third kappa shape index (κ3) is 3.47. The number of carbonyl (C=O) groups excluding carboxylic acids is 2. The van der Waals surface area contributed by atoms with Crippen LogP contribution >= 0.6 is 0 Å². The van der Waals surface area contributed by atoms with Crippen LogP contribution in [0.4, 0.5) is 4.39 Å². The lowest BCUT2D eigenvalue weighted by Gasteiger charge is -2.11. The summed E-state index contributed by atoms with van der Waals surface area (Å²) < 4.78 is 31.4. The van der Waals surface area contributed by atoms with Gasteiger partial charge in [0.25, 0.3) is 0 Å². The number of halogens is 1. The van der Waals surface area contributed by atoms with Crippen molar-refractivity contribution in [2.75, 3.05) is 13.4 Å². The third-order valence-electron chi connectivity index (χ3n) is 4.77. The first kappa shape index (κ1) is 18.7. The fourth-order valence-electron chi connectivity index (χ4n) is 3.38. The number of benzene rings is 2. The van der Waals surface area contributed by atoms with E-state index in [2.05, 4.69) is 0 Å². The minimum Gasteiger partial charge on any atom is -0.454 e. The average molecular weight is 395 g/mol. The molecule has 1 aromatic heterocycles. The zero-order valence-corrected chi connectivity index (χ0v) is 15.9. The largest absolute Gasteiger partial charge is 0.454 e. The normalized spacial score (nSPS) is 12.1. The van der Waals surface area contributed by atoms with Gasteiger partial charge in [-0.1, -0.05) is 12.1 Å². The highest BCUT2D eigenvalue weighted by Crippen LogP contribution is 2.34. The second-order valence-electron chi connectivity index (χ2n) is 6.64. The van der Waals surface area contributed by atoms with Gasteiger partial charge < -0.3 is 18.8 Å². The van der Waals surface area contributed by atoms with Gasteiger partial charge in [-0.15, -0.1) is 0 Å². The summed E-state index contributed by atoms with van der Waals surface area (Å²) in [5, 5.41) is 0. The van der Waals surface area contributed by atoms with Gasteiger partial charge in [-0.2, -0.15) is 0 Å². The highest BCUT2D eigenvalue weighted by molar-refractivity contribution is 6.00. The molecule has 0 unspecified atom stereocenters. The second-order valence-corrected chi connectivity index (χ2v) is 6.64. The molecule has 6 nitrogen and oxygen atoms in total. The quantitative estimate of drug-likeness (QED) is 0.483. The van der Waals surface area contributed by atoms with E-state index in [0.29, 0.717) is 22.8 Å². The molecule has 7 heteroatoms. The molecule has 0 saturated heterocycles. The second kappa shape index (κ2) is 7.43. The Kier molecular flexibility index (Phi) is 4.80. The highest BCUT2D eigenvalue weighted by Gasteiger charge is 2.21. The van der Waals surface area contributed by atoms with E-state index in [1.54, 1.807) is 6.07 Å². The Morgan fingerprint density at radius 1 is 1.03 bits per heavy atom. The van der Waals surface area contributed by atoms with Gasteiger partial charge in [0.15, 0.2) is 18.1 Å². The maximum atomic E-state index is 13.7. The molecule has 1 aliphatic rings. The molecule has 3 aromatic rings. The van der Waals surface area contributed by atoms with Crippen LogP contribution in [0.5, 0.6) is 11.5 Å². The van der Waals surface area contributed by atoms with Crippen LogP contribution in [0.2, 0.25) is 0 Å². The van der Waals surface area contributed by atoms with Crippen LogP contribution in [0.3, 0.4) is 0 Å². The molecule has 0 N–H and O–H groups in total. The summed E-state index contributed by atoms with van der Waals surface area (Å²) >= 11 is 0. The van der Waals surface area contributed by atoms with Gasteiger partial charge in [0.2, 0.25) is 12.6 Å². The summed E-state index contributed by atoms with van der Waals surface area (Å²) in [5.74, 6) is -0.615. The fourth-order valence-corrected chi connectivity index (χ4v) is 3.38. The van der Waals surface area contributed by atoms with E-state index in [1.807, 2.05) is 36.6 Å². The topological polar surface area (TPSA) is 66.8 Å². The molecular formula is C22H18FNO5. The molecular weight excluding hydrogens is 377 g/mol. The molecule has 2 heterocycles. The molecule has 1 aliphatic heterocycles. The first-order valence-electron chi connectivity index (χ1n) is 8.99. The van der Waals surface area contributed by atoms with Crippen LogP contribution in [-0.2, 0) is 4.74 Å². The average Bonchev–Trinajstić information content (AvgIpc) is 3.29. The molecule has 2 aromatic carbocycles. The summed E-state index contributed by atoms with van der Waals surface area (Å²) in [6, 6.07) is 12.7. The smallest absolute Gasteiger partial charge is 0.341 e. The van der Waals surface area contributed by atoms with Gasteiger partial charge in [-0.05, 0) is 44.2 Å². The lowest BCUT2D eigenvalue weighted by molar-refractivity contribution is 0.0470. The van der Waals surface area contributed by atoms with E-state index < -0.39 is 18.4 Å². The molecule has 0 radical (unpaired) electrons. The lowest BCUT2D eigenvalue weighted by atomic mass is 10.1. The Balaban J connectivity index is 1.54. The third-order valence-corrected chi connectivity index (χ3v) is 4.77. The van der Waals surface area contributed by atoms with E-state index >= 15 is 0 Å². The molecule has 148 valence electrons. The summed E-state index contributed by atoms with van der Waals surface area (Å²) in [7, 11) is 0. The summed E-state index contributed by atoms with van der Waals surface area (Å²) in [6.07, 6.45) is 0. The van der Waals surface area contributed by atoms with Gasteiger partial charge in [-0.3, -0.25) is 4.79 Å². The molecule has 0 saturated carbocycles. The molecule has 0 atom stereocenters. The van der Waals surface area contributed by atoms with Crippen molar-refractivity contribution < 1.29 is 28.2 Å². The SMILES string of the molecule is Cc1cc(C(=O)COC(=O)c2ccccc2F)c(C)n1-c1ccc2c(c1)OCO2. The molecule has 29 heavy (non-hydrogen) atoms. The molecule has 0 aliphatic carbocycles. The Morgan fingerprint density at radius 3 is 2.59 bits per heavy atom. The maximum Gasteiger partial charge on any atom is 0.341 e. The van der Waals surface area contributed by atoms with Crippen molar-refractivity contribution in [1.29, 1.82) is 0 Å². The molecule has 0 fully saturated rings. The number of nitrogens with zero attached hydrogens (tertiary/aromatic N) is 1. The van der Waals surface area contributed by atoms with E-state index in [1.165, 1.54) is 18.2 Å². The first-order chi connectivity index (χ1) is 14.0. The zero-order chi connectivity index (χ0) is 20.5. The predicted octanol–water partition coefficient (Wildman–Crippen LogP) is 4.00. The van der Waals surface area contributed by atoms with Gasteiger partial charge >= 0.3 is 5.97 Å². The number of esters is 1. The van der Waals surface area contributed by atoms with Crippen LogP contribution in [0.15, 0.2) is 48.5 Å². The van der Waals surface area contributed by atoms with Crippen molar-refractivity contribution in [1.82, 2.24) is 4.57 Å². The van der Waals surface area contributed by atoms with Crippen LogP contribution in [-0.4, -0.2) is 29.7 Å². The van der Waals surface area contributed by atoms with Crippen LogP contribution in [0.25, 0.3) is 5.69 Å². The Morgan fingerprint density at radius 2 is 1.79 bits per heavy atom. The summed E-state index contributed by atoms with van der Waals surface area (Å²) in [5.41, 5.74) is 2.60. The predicted molar refractivity (Wildman–Crippen MR) is 102 cm³/mol.